The fourth-order valence-electron chi connectivity index (χ4n) is 0.876. The first kappa shape index (κ1) is 10.0. The van der Waals surface area contributed by atoms with Gasteiger partial charge in [0.1, 0.15) is 0 Å². The Bertz CT molecular complexity index is 407. The number of hydrogen-bond acceptors (Lipinski definition) is 2. The fourth-order valence-corrected chi connectivity index (χ4v) is 0.876. The average Bonchev–Trinajstić information content (AvgIpc) is 2.19. The molecule has 1 aromatic carbocycles. The number of hydrogen-bond donors (Lipinski definition) is 1. The second kappa shape index (κ2) is 4.83. The lowest BCUT2D eigenvalue weighted by molar-refractivity contribution is 0.0697. The molecule has 70 valence electrons. The van der Waals surface area contributed by atoms with Crippen LogP contribution in [0.3, 0.4) is 0 Å². The van der Waals surface area contributed by atoms with E-state index in [-0.39, 0.29) is 5.56 Å². The Balaban J connectivity index is 2.85. The van der Waals surface area contributed by atoms with Crippen molar-refractivity contribution in [3.8, 4) is 11.8 Å². The van der Waals surface area contributed by atoms with E-state index in [0.717, 1.165) is 5.56 Å². The third-order valence-corrected chi connectivity index (χ3v) is 1.54. The number of benzene rings is 1. The zero-order valence-corrected chi connectivity index (χ0v) is 7.69. The second-order valence-electron chi connectivity index (χ2n) is 2.54. The lowest BCUT2D eigenvalue weighted by atomic mass is 10.1. The summed E-state index contributed by atoms with van der Waals surface area (Å²) in [5, 5.41) is 8.63. The van der Waals surface area contributed by atoms with Crippen LogP contribution < -0.4 is 0 Å². The van der Waals surface area contributed by atoms with Crippen molar-refractivity contribution in [3.05, 3.63) is 35.4 Å². The molecule has 0 bridgehead atoms. The molecule has 0 aliphatic heterocycles. The van der Waals surface area contributed by atoms with Crippen molar-refractivity contribution in [2.45, 2.75) is 0 Å². The molecule has 0 aromatic heterocycles. The minimum Gasteiger partial charge on any atom is -0.478 e. The molecule has 0 aliphatic carbocycles. The van der Waals surface area contributed by atoms with Crippen LogP contribution >= 0.6 is 0 Å². The standard InChI is InChI=1S/C11H9NO2/c1-12-8-2-3-9-4-6-10(7-5-9)11(13)14/h4-8H,1H3,(H,13,14). The van der Waals surface area contributed by atoms with E-state index in [0.29, 0.717) is 0 Å². The molecular formula is C11H9NO2. The molecule has 0 radical (unpaired) electrons. The van der Waals surface area contributed by atoms with E-state index in [1.165, 1.54) is 18.3 Å². The smallest absolute Gasteiger partial charge is 0.335 e. The van der Waals surface area contributed by atoms with Gasteiger partial charge in [-0.15, -0.1) is 0 Å². The number of aliphatic imine (C=N–C) groups is 1. The van der Waals surface area contributed by atoms with Gasteiger partial charge in [0.15, 0.2) is 0 Å². The van der Waals surface area contributed by atoms with Gasteiger partial charge in [0.05, 0.1) is 11.8 Å². The van der Waals surface area contributed by atoms with E-state index in [9.17, 15) is 4.79 Å². The van der Waals surface area contributed by atoms with Crippen LogP contribution in [0, 0.1) is 11.8 Å². The third-order valence-electron chi connectivity index (χ3n) is 1.54. The highest BCUT2D eigenvalue weighted by Crippen LogP contribution is 2.02. The van der Waals surface area contributed by atoms with Gasteiger partial charge in [-0.1, -0.05) is 5.92 Å². The van der Waals surface area contributed by atoms with Crippen molar-refractivity contribution in [2.75, 3.05) is 7.05 Å². The van der Waals surface area contributed by atoms with Crippen LogP contribution in [0.2, 0.25) is 0 Å². The van der Waals surface area contributed by atoms with E-state index < -0.39 is 5.97 Å². The minimum atomic E-state index is -0.931. The van der Waals surface area contributed by atoms with Gasteiger partial charge in [0.2, 0.25) is 0 Å². The molecule has 0 aliphatic rings. The highest BCUT2D eigenvalue weighted by molar-refractivity contribution is 5.87. The van der Waals surface area contributed by atoms with Crippen LogP contribution in [0.15, 0.2) is 29.3 Å². The molecule has 0 heterocycles. The summed E-state index contributed by atoms with van der Waals surface area (Å²) in [6.07, 6.45) is 1.49. The topological polar surface area (TPSA) is 49.7 Å². The molecule has 1 aromatic rings. The van der Waals surface area contributed by atoms with Crippen molar-refractivity contribution in [3.63, 3.8) is 0 Å². The van der Waals surface area contributed by atoms with Crippen LogP contribution in [0.1, 0.15) is 15.9 Å². The van der Waals surface area contributed by atoms with Crippen LogP contribution in [0.5, 0.6) is 0 Å². The Labute approximate surface area is 82.1 Å². The monoisotopic (exact) mass is 187 g/mol. The second-order valence-corrected chi connectivity index (χ2v) is 2.54. The summed E-state index contributed by atoms with van der Waals surface area (Å²) in [5.74, 6) is 4.60. The highest BCUT2D eigenvalue weighted by atomic mass is 16.4. The summed E-state index contributed by atoms with van der Waals surface area (Å²) in [6.45, 7) is 0. The van der Waals surface area contributed by atoms with Crippen molar-refractivity contribution in [2.24, 2.45) is 4.99 Å². The van der Waals surface area contributed by atoms with Gasteiger partial charge in [-0.2, -0.15) is 0 Å². The molecule has 0 saturated carbocycles. The predicted octanol–water partition coefficient (Wildman–Crippen LogP) is 1.44. The maximum Gasteiger partial charge on any atom is 0.335 e. The Morgan fingerprint density at radius 3 is 2.57 bits per heavy atom. The molecule has 0 atom stereocenters. The van der Waals surface area contributed by atoms with Gasteiger partial charge in [0, 0.05) is 12.6 Å². The van der Waals surface area contributed by atoms with Crippen LogP contribution in [-0.2, 0) is 0 Å². The van der Waals surface area contributed by atoms with Gasteiger partial charge >= 0.3 is 5.97 Å². The molecule has 0 saturated heterocycles. The summed E-state index contributed by atoms with van der Waals surface area (Å²) in [4.78, 5) is 14.2. The van der Waals surface area contributed by atoms with Crippen molar-refractivity contribution in [1.29, 1.82) is 0 Å². The third kappa shape index (κ3) is 2.76. The van der Waals surface area contributed by atoms with E-state index in [1.807, 2.05) is 0 Å². The number of carboxylic acids is 1. The van der Waals surface area contributed by atoms with Crippen molar-refractivity contribution in [1.82, 2.24) is 0 Å². The van der Waals surface area contributed by atoms with Gasteiger partial charge in [-0.25, -0.2) is 4.79 Å². The average molecular weight is 187 g/mol. The molecule has 0 amide bonds. The summed E-state index contributed by atoms with van der Waals surface area (Å²) >= 11 is 0. The summed E-state index contributed by atoms with van der Waals surface area (Å²) < 4.78 is 0. The van der Waals surface area contributed by atoms with Gasteiger partial charge < -0.3 is 5.11 Å². The molecule has 1 rings (SSSR count). The summed E-state index contributed by atoms with van der Waals surface area (Å²) in [7, 11) is 1.64. The zero-order valence-electron chi connectivity index (χ0n) is 7.69. The first-order valence-electron chi connectivity index (χ1n) is 3.99. The van der Waals surface area contributed by atoms with E-state index in [1.54, 1.807) is 19.2 Å². The summed E-state index contributed by atoms with van der Waals surface area (Å²) in [5.41, 5.74) is 1.04. The normalized spacial score (nSPS) is 9.50. The van der Waals surface area contributed by atoms with Crippen molar-refractivity contribution < 1.29 is 9.90 Å². The van der Waals surface area contributed by atoms with Gasteiger partial charge in [-0.05, 0) is 30.2 Å². The molecule has 1 N–H and O–H groups in total. The fraction of sp³-hybridized carbons (Fsp3) is 0.0909. The van der Waals surface area contributed by atoms with Crippen LogP contribution in [0.4, 0.5) is 0 Å². The Kier molecular flexibility index (Phi) is 3.45. The number of nitrogens with zero attached hydrogens (tertiary/aromatic N) is 1. The highest BCUT2D eigenvalue weighted by Gasteiger charge is 1.99. The summed E-state index contributed by atoms with van der Waals surface area (Å²) in [6, 6.07) is 6.38. The molecular weight excluding hydrogens is 178 g/mol. The minimum absolute atomic E-state index is 0.264. The number of carbonyl (C=O) groups is 1. The Morgan fingerprint density at radius 1 is 1.43 bits per heavy atom. The van der Waals surface area contributed by atoms with E-state index >= 15 is 0 Å². The maximum absolute atomic E-state index is 10.5. The largest absolute Gasteiger partial charge is 0.478 e. The SMILES string of the molecule is CN=CC#Cc1ccc(C(=O)O)cc1. The van der Waals surface area contributed by atoms with Crippen molar-refractivity contribution >= 4 is 12.2 Å². The zero-order chi connectivity index (χ0) is 10.4. The molecule has 0 unspecified atom stereocenters. The van der Waals surface area contributed by atoms with Crippen LogP contribution in [-0.4, -0.2) is 24.3 Å². The Hall–Kier alpha value is -2.08. The molecule has 0 fully saturated rings. The van der Waals surface area contributed by atoms with Gasteiger partial charge in [0.25, 0.3) is 0 Å². The molecule has 0 spiro atoms. The Morgan fingerprint density at radius 2 is 2.07 bits per heavy atom. The number of carboxylic acid groups (broad SMARTS) is 1. The van der Waals surface area contributed by atoms with E-state index in [4.69, 9.17) is 5.11 Å². The first-order chi connectivity index (χ1) is 6.74. The predicted molar refractivity (Wildman–Crippen MR) is 54.7 cm³/mol. The quantitative estimate of drug-likeness (QED) is 0.534. The van der Waals surface area contributed by atoms with Gasteiger partial charge in [-0.3, -0.25) is 4.99 Å². The van der Waals surface area contributed by atoms with Crippen LogP contribution in [0.25, 0.3) is 0 Å². The lowest BCUT2D eigenvalue weighted by Gasteiger charge is -1.92. The first-order valence-corrected chi connectivity index (χ1v) is 3.99. The number of aromatic carboxylic acids is 1. The molecule has 3 heteroatoms. The molecule has 3 nitrogen and oxygen atoms in total. The maximum atomic E-state index is 10.5. The molecule has 14 heavy (non-hydrogen) atoms. The van der Waals surface area contributed by atoms with E-state index in [2.05, 4.69) is 16.8 Å². The number of rotatable bonds is 1. The lowest BCUT2D eigenvalue weighted by Crippen LogP contribution is -1.94.